The lowest BCUT2D eigenvalue weighted by Crippen LogP contribution is -2.68. The zero-order chi connectivity index (χ0) is 25.9. The number of hydrogen-bond acceptors (Lipinski definition) is 5. The van der Waals surface area contributed by atoms with Crippen LogP contribution in [-0.4, -0.2) is 44.7 Å². The number of H-pyrrole nitrogens is 1. The highest BCUT2D eigenvalue weighted by Crippen LogP contribution is 2.49. The molecule has 37 heavy (non-hydrogen) atoms. The first-order chi connectivity index (χ1) is 18.0. The summed E-state index contributed by atoms with van der Waals surface area (Å²) in [6.45, 7) is 0.490. The third kappa shape index (κ3) is 4.06. The molecule has 3 aromatic carbocycles. The second-order valence-corrected chi connectivity index (χ2v) is 9.54. The van der Waals surface area contributed by atoms with E-state index < -0.39 is 23.0 Å². The number of aromatic amines is 1. The van der Waals surface area contributed by atoms with Crippen LogP contribution < -0.4 is 11.5 Å². The van der Waals surface area contributed by atoms with E-state index in [1.54, 1.807) is 12.5 Å². The monoisotopic (exact) mass is 493 g/mol. The van der Waals surface area contributed by atoms with Crippen molar-refractivity contribution in [1.82, 2.24) is 14.9 Å². The van der Waals surface area contributed by atoms with Gasteiger partial charge in [-0.3, -0.25) is 14.5 Å². The number of likely N-dealkylation sites (tertiary alicyclic amines) is 1. The number of aromatic nitrogens is 2. The topological polar surface area (TPSA) is 118 Å². The Labute approximate surface area is 216 Å². The van der Waals surface area contributed by atoms with E-state index >= 15 is 0 Å². The number of Topliss-reactive ketones (excluding diaryl/α,β-unsaturated/α-hetero) is 1. The molecule has 0 saturated carbocycles. The summed E-state index contributed by atoms with van der Waals surface area (Å²) in [7, 11) is 0. The summed E-state index contributed by atoms with van der Waals surface area (Å²) in [4.78, 5) is 36.8. The molecule has 1 aliphatic rings. The fraction of sp³-hybridized carbons (Fsp3) is 0.233. The first kappa shape index (κ1) is 24.6. The molecule has 1 aliphatic heterocycles. The average Bonchev–Trinajstić information content (AvgIpc) is 3.62. The van der Waals surface area contributed by atoms with Crippen LogP contribution in [0.5, 0.6) is 0 Å². The van der Waals surface area contributed by atoms with Gasteiger partial charge in [-0.15, -0.1) is 0 Å². The predicted octanol–water partition coefficient (Wildman–Crippen LogP) is 3.16. The summed E-state index contributed by atoms with van der Waals surface area (Å²) in [5, 5.41) is 0. The molecule has 5 rings (SSSR count). The Morgan fingerprint density at radius 2 is 1.43 bits per heavy atom. The van der Waals surface area contributed by atoms with Crippen LogP contribution in [0.3, 0.4) is 0 Å². The summed E-state index contributed by atoms with van der Waals surface area (Å²) >= 11 is 0. The summed E-state index contributed by atoms with van der Waals surface area (Å²) in [5.74, 6) is -1.05. The number of carbonyl (C=O) groups excluding carboxylic acids is 2. The third-order valence-corrected chi connectivity index (χ3v) is 7.51. The van der Waals surface area contributed by atoms with Crippen molar-refractivity contribution in [2.75, 3.05) is 6.54 Å². The number of nitrogens with one attached hydrogen (secondary N) is 1. The van der Waals surface area contributed by atoms with Gasteiger partial charge in [0.2, 0.25) is 5.91 Å². The molecule has 0 unspecified atom stereocenters. The second-order valence-electron chi connectivity index (χ2n) is 9.54. The van der Waals surface area contributed by atoms with Gasteiger partial charge in [0, 0.05) is 24.9 Å². The zero-order valence-corrected chi connectivity index (χ0v) is 20.6. The molecule has 2 atom stereocenters. The summed E-state index contributed by atoms with van der Waals surface area (Å²) in [5.41, 5.74) is 13.7. The standard InChI is InChI=1S/C30H31N5O2/c31-26(19-25-20-33-21-34-25)27(36)29(28(32)37)17-10-18-35(29)30(22-11-4-1-5-12-22,23-13-6-2-7-14-23)24-15-8-3-9-16-24/h1-9,11-16,20-21,26H,10,17-19,31H2,(H2,32,37)(H,33,34)/t26-,29+/m0/s1. The SMILES string of the molecule is NC(=O)[C@]1(C(=O)[C@@H](N)Cc2cnc[nH]2)CCCN1C(c1ccccc1)(c1ccccc1)c1ccccc1. The van der Waals surface area contributed by atoms with E-state index in [-0.39, 0.29) is 12.2 Å². The largest absolute Gasteiger partial charge is 0.368 e. The molecule has 1 amide bonds. The maximum Gasteiger partial charge on any atom is 0.245 e. The lowest BCUT2D eigenvalue weighted by Gasteiger charge is -2.50. The highest BCUT2D eigenvalue weighted by atomic mass is 16.2. The number of primary amides is 1. The molecular formula is C30H31N5O2. The highest BCUT2D eigenvalue weighted by Gasteiger charge is 2.61. The van der Waals surface area contributed by atoms with Gasteiger partial charge in [-0.05, 0) is 29.5 Å². The molecule has 188 valence electrons. The predicted molar refractivity (Wildman–Crippen MR) is 142 cm³/mol. The van der Waals surface area contributed by atoms with Gasteiger partial charge in [-0.25, -0.2) is 4.98 Å². The van der Waals surface area contributed by atoms with Gasteiger partial charge in [0.1, 0.15) is 0 Å². The number of ketones is 1. The number of imidazole rings is 1. The van der Waals surface area contributed by atoms with Crippen molar-refractivity contribution in [3.05, 3.63) is 126 Å². The fourth-order valence-corrected chi connectivity index (χ4v) is 5.94. The van der Waals surface area contributed by atoms with Crippen molar-refractivity contribution >= 4 is 11.7 Å². The van der Waals surface area contributed by atoms with Crippen LogP contribution in [0.1, 0.15) is 35.2 Å². The molecule has 2 heterocycles. The first-order valence-electron chi connectivity index (χ1n) is 12.5. The Kier molecular flexibility index (Phi) is 6.74. The Hall–Kier alpha value is -4.07. The van der Waals surface area contributed by atoms with Crippen molar-refractivity contribution < 1.29 is 9.59 Å². The number of nitrogens with two attached hydrogens (primary N) is 2. The van der Waals surface area contributed by atoms with Crippen LogP contribution >= 0.6 is 0 Å². The van der Waals surface area contributed by atoms with Crippen molar-refractivity contribution in [2.24, 2.45) is 11.5 Å². The van der Waals surface area contributed by atoms with Crippen LogP contribution in [-0.2, 0) is 21.5 Å². The molecule has 5 N–H and O–H groups in total. The lowest BCUT2D eigenvalue weighted by molar-refractivity contribution is -0.145. The number of rotatable bonds is 9. The van der Waals surface area contributed by atoms with E-state index in [4.69, 9.17) is 11.5 Å². The third-order valence-electron chi connectivity index (χ3n) is 7.51. The van der Waals surface area contributed by atoms with Gasteiger partial charge >= 0.3 is 0 Å². The Balaban J connectivity index is 1.76. The van der Waals surface area contributed by atoms with Crippen LogP contribution in [0.4, 0.5) is 0 Å². The number of amides is 1. The molecule has 0 radical (unpaired) electrons. The summed E-state index contributed by atoms with van der Waals surface area (Å²) < 4.78 is 0. The lowest BCUT2D eigenvalue weighted by atomic mass is 9.72. The molecular weight excluding hydrogens is 462 g/mol. The number of carbonyl (C=O) groups is 2. The van der Waals surface area contributed by atoms with Crippen LogP contribution in [0.15, 0.2) is 104 Å². The molecule has 0 spiro atoms. The molecule has 4 aromatic rings. The summed E-state index contributed by atoms with van der Waals surface area (Å²) in [6.07, 6.45) is 4.34. The van der Waals surface area contributed by atoms with E-state index in [0.29, 0.717) is 19.4 Å². The van der Waals surface area contributed by atoms with Gasteiger partial charge in [0.15, 0.2) is 11.3 Å². The van der Waals surface area contributed by atoms with E-state index in [9.17, 15) is 9.59 Å². The van der Waals surface area contributed by atoms with Gasteiger partial charge in [-0.1, -0.05) is 91.0 Å². The van der Waals surface area contributed by atoms with Crippen molar-refractivity contribution in [1.29, 1.82) is 0 Å². The normalized spacial score (nSPS) is 18.9. The number of benzene rings is 3. The van der Waals surface area contributed by atoms with Crippen molar-refractivity contribution in [3.63, 3.8) is 0 Å². The van der Waals surface area contributed by atoms with Gasteiger partial charge in [0.25, 0.3) is 0 Å². The van der Waals surface area contributed by atoms with Crippen molar-refractivity contribution in [2.45, 2.75) is 36.4 Å². The molecule has 1 fully saturated rings. The molecule has 0 aliphatic carbocycles. The maximum absolute atomic E-state index is 14.3. The van der Waals surface area contributed by atoms with E-state index in [0.717, 1.165) is 22.4 Å². The molecule has 0 bridgehead atoms. The van der Waals surface area contributed by atoms with E-state index in [2.05, 4.69) is 9.97 Å². The van der Waals surface area contributed by atoms with E-state index in [1.165, 1.54) is 0 Å². The quantitative estimate of drug-likeness (QED) is 0.245. The average molecular weight is 494 g/mol. The van der Waals surface area contributed by atoms with Crippen LogP contribution in [0, 0.1) is 0 Å². The molecule has 1 aromatic heterocycles. The minimum Gasteiger partial charge on any atom is -0.368 e. The van der Waals surface area contributed by atoms with Crippen molar-refractivity contribution in [3.8, 4) is 0 Å². The number of hydrogen-bond donors (Lipinski definition) is 3. The fourth-order valence-electron chi connectivity index (χ4n) is 5.94. The minimum absolute atomic E-state index is 0.233. The molecule has 7 heteroatoms. The van der Waals surface area contributed by atoms with Crippen LogP contribution in [0.25, 0.3) is 0 Å². The Morgan fingerprint density at radius 1 is 0.919 bits per heavy atom. The smallest absolute Gasteiger partial charge is 0.245 e. The maximum atomic E-state index is 14.3. The van der Waals surface area contributed by atoms with E-state index in [1.807, 2.05) is 95.9 Å². The molecule has 7 nitrogen and oxygen atoms in total. The van der Waals surface area contributed by atoms with Gasteiger partial charge in [-0.2, -0.15) is 0 Å². The van der Waals surface area contributed by atoms with Gasteiger partial charge in [0.05, 0.1) is 17.9 Å². The second kappa shape index (κ2) is 10.1. The van der Waals surface area contributed by atoms with Gasteiger partial charge < -0.3 is 16.5 Å². The molecule has 1 saturated heterocycles. The van der Waals surface area contributed by atoms with Crippen LogP contribution in [0.2, 0.25) is 0 Å². The summed E-state index contributed by atoms with van der Waals surface area (Å²) in [6, 6.07) is 29.0. The first-order valence-corrected chi connectivity index (χ1v) is 12.5. The number of nitrogens with zero attached hydrogens (tertiary/aromatic N) is 2. The Bertz CT molecular complexity index is 1250. The minimum atomic E-state index is -1.60. The zero-order valence-electron chi connectivity index (χ0n) is 20.6. The Morgan fingerprint density at radius 3 is 1.86 bits per heavy atom. The highest BCUT2D eigenvalue weighted by molar-refractivity contribution is 6.12.